The predicted octanol–water partition coefficient (Wildman–Crippen LogP) is 5.10. The molecule has 0 unspecified atom stereocenters. The number of ether oxygens (including phenoxy) is 1. The lowest BCUT2D eigenvalue weighted by molar-refractivity contribution is 0.0955. The third-order valence-corrected chi connectivity index (χ3v) is 4.36. The molecule has 27 heavy (non-hydrogen) atoms. The Morgan fingerprint density at radius 3 is 2.52 bits per heavy atom. The zero-order chi connectivity index (χ0) is 19.1. The summed E-state index contributed by atoms with van der Waals surface area (Å²) in [6, 6.07) is 22.8. The number of amides is 1. The topological polar surface area (TPSA) is 50.7 Å². The van der Waals surface area contributed by atoms with E-state index in [4.69, 9.17) is 4.74 Å². The van der Waals surface area contributed by atoms with E-state index in [1.54, 1.807) is 30.5 Å². The second kappa shape index (κ2) is 9.14. The van der Waals surface area contributed by atoms with Crippen molar-refractivity contribution in [3.05, 3.63) is 99.5 Å². The van der Waals surface area contributed by atoms with Crippen LogP contribution in [0.15, 0.2) is 82.4 Å². The number of hydrogen-bond donors (Lipinski definition) is 1. The lowest BCUT2D eigenvalue weighted by Gasteiger charge is -2.07. The van der Waals surface area contributed by atoms with Crippen LogP contribution in [0.25, 0.3) is 0 Å². The minimum absolute atomic E-state index is 0.272. The van der Waals surface area contributed by atoms with Crippen molar-refractivity contribution in [2.45, 2.75) is 13.5 Å². The lowest BCUT2D eigenvalue weighted by Crippen LogP contribution is -2.17. The predicted molar refractivity (Wildman–Crippen MR) is 111 cm³/mol. The molecule has 0 radical (unpaired) electrons. The summed E-state index contributed by atoms with van der Waals surface area (Å²) in [6.45, 7) is 2.54. The number of carbonyl (C=O) groups is 1. The highest BCUT2D eigenvalue weighted by molar-refractivity contribution is 9.10. The largest absolute Gasteiger partial charge is 0.489 e. The number of hydrogen-bond acceptors (Lipinski definition) is 3. The van der Waals surface area contributed by atoms with Crippen LogP contribution in [0.1, 0.15) is 27.0 Å². The Kier molecular flexibility index (Phi) is 6.39. The molecule has 0 aliphatic rings. The SMILES string of the molecule is Cc1ccc(COc2ccc(C(=O)N/N=C\c3cccc(Br)c3)cc2)cc1. The van der Waals surface area contributed by atoms with Gasteiger partial charge in [0, 0.05) is 10.0 Å². The fraction of sp³-hybridized carbons (Fsp3) is 0.0909. The second-order valence-corrected chi connectivity index (χ2v) is 6.97. The van der Waals surface area contributed by atoms with Gasteiger partial charge in [0.1, 0.15) is 12.4 Å². The molecule has 0 saturated heterocycles. The van der Waals surface area contributed by atoms with Crippen molar-refractivity contribution in [3.8, 4) is 5.75 Å². The van der Waals surface area contributed by atoms with E-state index in [9.17, 15) is 4.79 Å². The van der Waals surface area contributed by atoms with Gasteiger partial charge in [-0.15, -0.1) is 0 Å². The molecule has 1 amide bonds. The molecule has 0 bridgehead atoms. The van der Waals surface area contributed by atoms with Crippen LogP contribution in [-0.2, 0) is 6.61 Å². The summed E-state index contributed by atoms with van der Waals surface area (Å²) in [5.41, 5.74) is 6.25. The number of halogens is 1. The molecule has 0 saturated carbocycles. The number of hydrazone groups is 1. The van der Waals surface area contributed by atoms with Crippen molar-refractivity contribution in [2.24, 2.45) is 5.10 Å². The molecule has 136 valence electrons. The number of nitrogens with one attached hydrogen (secondary N) is 1. The van der Waals surface area contributed by atoms with Crippen molar-refractivity contribution in [1.29, 1.82) is 0 Å². The van der Waals surface area contributed by atoms with Crippen LogP contribution in [0.5, 0.6) is 5.75 Å². The number of carbonyl (C=O) groups excluding carboxylic acids is 1. The standard InChI is InChI=1S/C22H19BrN2O2/c1-16-5-7-17(8-6-16)15-27-21-11-9-19(10-12-21)22(26)25-24-14-18-3-2-4-20(23)13-18/h2-14H,15H2,1H3,(H,25,26)/b24-14-. The molecule has 0 atom stereocenters. The van der Waals surface area contributed by atoms with Crippen molar-refractivity contribution < 1.29 is 9.53 Å². The molecule has 3 aromatic carbocycles. The highest BCUT2D eigenvalue weighted by Crippen LogP contribution is 2.15. The van der Waals surface area contributed by atoms with Gasteiger partial charge in [-0.25, -0.2) is 5.43 Å². The quantitative estimate of drug-likeness (QED) is 0.443. The number of benzene rings is 3. The minimum Gasteiger partial charge on any atom is -0.489 e. The number of aryl methyl sites for hydroxylation is 1. The Morgan fingerprint density at radius 1 is 1.07 bits per heavy atom. The van der Waals surface area contributed by atoms with Gasteiger partial charge in [-0.2, -0.15) is 5.10 Å². The normalized spacial score (nSPS) is 10.7. The van der Waals surface area contributed by atoms with Gasteiger partial charge in [0.05, 0.1) is 6.21 Å². The Bertz CT molecular complexity index is 935. The van der Waals surface area contributed by atoms with E-state index >= 15 is 0 Å². The highest BCUT2D eigenvalue weighted by atomic mass is 79.9. The number of nitrogens with zero attached hydrogens (tertiary/aromatic N) is 1. The van der Waals surface area contributed by atoms with Gasteiger partial charge in [0.25, 0.3) is 5.91 Å². The molecular formula is C22H19BrN2O2. The summed E-state index contributed by atoms with van der Waals surface area (Å²) in [4.78, 5) is 12.1. The van der Waals surface area contributed by atoms with Gasteiger partial charge >= 0.3 is 0 Å². The molecule has 0 aliphatic carbocycles. The monoisotopic (exact) mass is 422 g/mol. The molecule has 0 fully saturated rings. The summed E-state index contributed by atoms with van der Waals surface area (Å²) in [6.07, 6.45) is 1.60. The molecule has 0 aromatic heterocycles. The van der Waals surface area contributed by atoms with E-state index in [1.165, 1.54) is 5.56 Å². The zero-order valence-electron chi connectivity index (χ0n) is 14.9. The van der Waals surface area contributed by atoms with E-state index < -0.39 is 0 Å². The summed E-state index contributed by atoms with van der Waals surface area (Å²) in [5.74, 6) is 0.441. The zero-order valence-corrected chi connectivity index (χ0v) is 16.4. The molecule has 4 nitrogen and oxygen atoms in total. The first-order valence-electron chi connectivity index (χ1n) is 8.47. The first kappa shape index (κ1) is 18.9. The van der Waals surface area contributed by atoms with Crippen LogP contribution >= 0.6 is 15.9 Å². The van der Waals surface area contributed by atoms with Gasteiger partial charge in [-0.3, -0.25) is 4.79 Å². The van der Waals surface area contributed by atoms with Gasteiger partial charge in [-0.05, 0) is 54.4 Å². The molecular weight excluding hydrogens is 404 g/mol. The van der Waals surface area contributed by atoms with Crippen molar-refractivity contribution >= 4 is 28.1 Å². The Hall–Kier alpha value is -2.92. The van der Waals surface area contributed by atoms with Crippen LogP contribution in [0.2, 0.25) is 0 Å². The van der Waals surface area contributed by atoms with E-state index in [-0.39, 0.29) is 5.91 Å². The molecule has 0 heterocycles. The maximum Gasteiger partial charge on any atom is 0.271 e. The summed E-state index contributed by atoms with van der Waals surface area (Å²) < 4.78 is 6.71. The van der Waals surface area contributed by atoms with Crippen LogP contribution in [-0.4, -0.2) is 12.1 Å². The maximum absolute atomic E-state index is 12.1. The van der Waals surface area contributed by atoms with E-state index in [1.807, 2.05) is 36.4 Å². The maximum atomic E-state index is 12.1. The molecule has 0 spiro atoms. The van der Waals surface area contributed by atoms with E-state index in [0.717, 1.165) is 15.6 Å². The van der Waals surface area contributed by atoms with Crippen LogP contribution in [0.4, 0.5) is 0 Å². The Morgan fingerprint density at radius 2 is 1.81 bits per heavy atom. The molecule has 3 aromatic rings. The Labute approximate surface area is 167 Å². The third kappa shape index (κ3) is 5.79. The fourth-order valence-corrected chi connectivity index (χ4v) is 2.79. The smallest absolute Gasteiger partial charge is 0.271 e. The van der Waals surface area contributed by atoms with Gasteiger partial charge in [0.15, 0.2) is 0 Å². The van der Waals surface area contributed by atoms with Gasteiger partial charge in [0.2, 0.25) is 0 Å². The molecule has 0 aliphatic heterocycles. The average molecular weight is 423 g/mol. The molecule has 5 heteroatoms. The van der Waals surface area contributed by atoms with Crippen LogP contribution in [0, 0.1) is 6.92 Å². The van der Waals surface area contributed by atoms with E-state index in [0.29, 0.717) is 17.9 Å². The van der Waals surface area contributed by atoms with Crippen molar-refractivity contribution in [3.63, 3.8) is 0 Å². The molecule has 1 N–H and O–H groups in total. The minimum atomic E-state index is -0.272. The van der Waals surface area contributed by atoms with Gasteiger partial charge in [-0.1, -0.05) is 57.9 Å². The summed E-state index contributed by atoms with van der Waals surface area (Å²) in [5, 5.41) is 3.99. The average Bonchev–Trinajstić information content (AvgIpc) is 2.68. The third-order valence-electron chi connectivity index (χ3n) is 3.87. The molecule has 3 rings (SSSR count). The second-order valence-electron chi connectivity index (χ2n) is 6.05. The first-order chi connectivity index (χ1) is 13.1. The van der Waals surface area contributed by atoms with Crippen LogP contribution in [0.3, 0.4) is 0 Å². The first-order valence-corrected chi connectivity index (χ1v) is 9.27. The Balaban J connectivity index is 1.53. The van der Waals surface area contributed by atoms with Gasteiger partial charge < -0.3 is 4.74 Å². The number of rotatable bonds is 6. The van der Waals surface area contributed by atoms with Crippen molar-refractivity contribution in [1.82, 2.24) is 5.43 Å². The van der Waals surface area contributed by atoms with Crippen LogP contribution < -0.4 is 10.2 Å². The lowest BCUT2D eigenvalue weighted by atomic mass is 10.2. The van der Waals surface area contributed by atoms with Crippen molar-refractivity contribution in [2.75, 3.05) is 0 Å². The van der Waals surface area contributed by atoms with E-state index in [2.05, 4.69) is 45.5 Å². The highest BCUT2D eigenvalue weighted by Gasteiger charge is 2.04. The fourth-order valence-electron chi connectivity index (χ4n) is 2.37. The summed E-state index contributed by atoms with van der Waals surface area (Å²) in [7, 11) is 0. The summed E-state index contributed by atoms with van der Waals surface area (Å²) >= 11 is 3.40.